The first kappa shape index (κ1) is 19.9. The fourth-order valence-electron chi connectivity index (χ4n) is 3.25. The molecule has 152 valence electrons. The number of hydrogen-bond donors (Lipinski definition) is 1. The second kappa shape index (κ2) is 8.54. The summed E-state index contributed by atoms with van der Waals surface area (Å²) in [6.07, 6.45) is 3.47. The Morgan fingerprint density at radius 1 is 1.13 bits per heavy atom. The molecule has 0 aliphatic carbocycles. The Bertz CT molecular complexity index is 1110. The van der Waals surface area contributed by atoms with E-state index < -0.39 is 0 Å². The Labute approximate surface area is 178 Å². The van der Waals surface area contributed by atoms with Gasteiger partial charge in [-0.1, -0.05) is 12.1 Å². The molecule has 2 aromatic carbocycles. The minimum atomic E-state index is -0.193. The normalized spacial score (nSPS) is 13.1. The maximum atomic E-state index is 12.5. The smallest absolute Gasteiger partial charge is 0.237 e. The molecule has 4 rings (SSSR count). The average Bonchev–Trinajstić information content (AvgIpc) is 3.19. The molecule has 0 saturated heterocycles. The first-order valence-corrected chi connectivity index (χ1v) is 10.5. The lowest BCUT2D eigenvalue weighted by Gasteiger charge is -2.28. The van der Waals surface area contributed by atoms with Gasteiger partial charge in [-0.15, -0.1) is 11.8 Å². The fourth-order valence-corrected chi connectivity index (χ4v) is 4.19. The van der Waals surface area contributed by atoms with Crippen molar-refractivity contribution in [1.29, 1.82) is 0 Å². The van der Waals surface area contributed by atoms with E-state index in [1.807, 2.05) is 24.3 Å². The Balaban J connectivity index is 1.36. The van der Waals surface area contributed by atoms with E-state index in [2.05, 4.69) is 10.3 Å². The van der Waals surface area contributed by atoms with Crippen LogP contribution in [0.4, 0.5) is 11.4 Å². The van der Waals surface area contributed by atoms with E-state index in [0.29, 0.717) is 29.4 Å². The van der Waals surface area contributed by atoms with E-state index in [4.69, 9.17) is 0 Å². The summed E-state index contributed by atoms with van der Waals surface area (Å²) >= 11 is 1.52. The van der Waals surface area contributed by atoms with Crippen LogP contribution in [0.5, 0.6) is 0 Å². The SMILES string of the molecule is Cn1ccnc1C(=O)c1ccc(NC(=O)CCN2C(=O)CSc3ccccc32)cc1. The molecule has 0 radical (unpaired) electrons. The molecule has 0 spiro atoms. The van der Waals surface area contributed by atoms with Crippen LogP contribution in [0.2, 0.25) is 0 Å². The van der Waals surface area contributed by atoms with Crippen LogP contribution in [-0.2, 0) is 16.6 Å². The summed E-state index contributed by atoms with van der Waals surface area (Å²) in [4.78, 5) is 43.9. The zero-order chi connectivity index (χ0) is 21.1. The number of hydrogen-bond acceptors (Lipinski definition) is 5. The van der Waals surface area contributed by atoms with Gasteiger partial charge in [-0.05, 0) is 36.4 Å². The first-order valence-electron chi connectivity index (χ1n) is 9.47. The molecule has 3 aromatic rings. The first-order chi connectivity index (χ1) is 14.5. The predicted octanol–water partition coefficient (Wildman–Crippen LogP) is 3.12. The highest BCUT2D eigenvalue weighted by atomic mass is 32.2. The van der Waals surface area contributed by atoms with E-state index >= 15 is 0 Å². The molecule has 1 aromatic heterocycles. The van der Waals surface area contributed by atoms with Crippen LogP contribution in [-0.4, -0.2) is 39.4 Å². The van der Waals surface area contributed by atoms with Crippen molar-refractivity contribution in [3.63, 3.8) is 0 Å². The van der Waals surface area contributed by atoms with Gasteiger partial charge in [0.05, 0.1) is 11.4 Å². The largest absolute Gasteiger partial charge is 0.331 e. The molecule has 0 atom stereocenters. The van der Waals surface area contributed by atoms with E-state index in [9.17, 15) is 14.4 Å². The van der Waals surface area contributed by atoms with E-state index in [1.54, 1.807) is 53.2 Å². The van der Waals surface area contributed by atoms with Crippen molar-refractivity contribution in [1.82, 2.24) is 9.55 Å². The summed E-state index contributed by atoms with van der Waals surface area (Å²) in [5.41, 5.74) is 1.94. The fraction of sp³-hybridized carbons (Fsp3) is 0.182. The number of para-hydroxylation sites is 1. The minimum absolute atomic E-state index is 0.00338. The van der Waals surface area contributed by atoms with Gasteiger partial charge in [-0.2, -0.15) is 0 Å². The molecule has 2 amide bonds. The minimum Gasteiger partial charge on any atom is -0.331 e. The number of carbonyl (C=O) groups excluding carboxylic acids is 3. The number of aryl methyl sites for hydroxylation is 1. The lowest BCUT2D eigenvalue weighted by molar-refractivity contribution is -0.117. The number of nitrogens with zero attached hydrogens (tertiary/aromatic N) is 3. The zero-order valence-corrected chi connectivity index (χ0v) is 17.2. The van der Waals surface area contributed by atoms with Gasteiger partial charge in [-0.25, -0.2) is 4.98 Å². The van der Waals surface area contributed by atoms with Crippen molar-refractivity contribution in [3.8, 4) is 0 Å². The molecule has 0 fully saturated rings. The lowest BCUT2D eigenvalue weighted by Crippen LogP contribution is -2.37. The Morgan fingerprint density at radius 3 is 2.63 bits per heavy atom. The molecule has 30 heavy (non-hydrogen) atoms. The molecule has 7 nitrogen and oxygen atoms in total. The monoisotopic (exact) mass is 420 g/mol. The van der Waals surface area contributed by atoms with Crippen LogP contribution in [0.1, 0.15) is 22.6 Å². The number of nitrogens with one attached hydrogen (secondary N) is 1. The molecule has 1 aliphatic heterocycles. The van der Waals surface area contributed by atoms with Crippen molar-refractivity contribution >= 4 is 40.7 Å². The van der Waals surface area contributed by atoms with Crippen LogP contribution in [0.3, 0.4) is 0 Å². The average molecular weight is 420 g/mol. The van der Waals surface area contributed by atoms with E-state index in [-0.39, 0.29) is 24.0 Å². The summed E-state index contributed by atoms with van der Waals surface area (Å²) in [6, 6.07) is 14.4. The quantitative estimate of drug-likeness (QED) is 0.620. The Hall–Kier alpha value is -3.39. The Kier molecular flexibility index (Phi) is 5.67. The number of ketones is 1. The van der Waals surface area contributed by atoms with Crippen molar-refractivity contribution < 1.29 is 14.4 Å². The number of carbonyl (C=O) groups is 3. The van der Waals surface area contributed by atoms with Crippen LogP contribution in [0.15, 0.2) is 65.8 Å². The molecule has 1 aliphatic rings. The maximum Gasteiger partial charge on any atom is 0.237 e. The highest BCUT2D eigenvalue weighted by Gasteiger charge is 2.24. The predicted molar refractivity (Wildman–Crippen MR) is 116 cm³/mol. The molecule has 1 N–H and O–H groups in total. The molecule has 0 bridgehead atoms. The molecule has 8 heteroatoms. The van der Waals surface area contributed by atoms with Crippen LogP contribution < -0.4 is 10.2 Å². The number of rotatable bonds is 6. The summed E-state index contributed by atoms with van der Waals surface area (Å²) in [5.74, 6) is 0.367. The topological polar surface area (TPSA) is 84.3 Å². The van der Waals surface area contributed by atoms with Gasteiger partial charge in [0, 0.05) is 48.6 Å². The van der Waals surface area contributed by atoms with E-state index in [1.165, 1.54) is 11.8 Å². The number of aromatic nitrogens is 2. The number of benzene rings is 2. The molecular formula is C22H20N4O3S. The number of imidazole rings is 1. The standard InChI is InChI=1S/C22H20N4O3S/c1-25-13-11-23-22(25)21(29)15-6-8-16(9-7-15)24-19(27)10-12-26-17-4-2-3-5-18(17)30-14-20(26)28/h2-9,11,13H,10,12,14H2,1H3,(H,24,27). The number of anilines is 2. The molecule has 0 unspecified atom stereocenters. The van der Waals surface area contributed by atoms with Gasteiger partial charge >= 0.3 is 0 Å². The molecular weight excluding hydrogens is 400 g/mol. The van der Waals surface area contributed by atoms with Crippen molar-refractivity contribution in [3.05, 3.63) is 72.3 Å². The molecule has 0 saturated carbocycles. The lowest BCUT2D eigenvalue weighted by atomic mass is 10.1. The number of fused-ring (bicyclic) bond motifs is 1. The van der Waals surface area contributed by atoms with Gasteiger partial charge < -0.3 is 14.8 Å². The van der Waals surface area contributed by atoms with Gasteiger partial charge in [0.1, 0.15) is 0 Å². The third kappa shape index (κ3) is 4.13. The van der Waals surface area contributed by atoms with Crippen LogP contribution in [0.25, 0.3) is 0 Å². The highest BCUT2D eigenvalue weighted by molar-refractivity contribution is 8.00. The third-order valence-electron chi connectivity index (χ3n) is 4.83. The second-order valence-corrected chi connectivity index (χ2v) is 7.89. The second-order valence-electron chi connectivity index (χ2n) is 6.87. The van der Waals surface area contributed by atoms with Gasteiger partial charge in [0.25, 0.3) is 0 Å². The van der Waals surface area contributed by atoms with Gasteiger partial charge in [-0.3, -0.25) is 14.4 Å². The maximum absolute atomic E-state index is 12.5. The summed E-state index contributed by atoms with van der Waals surface area (Å²) in [5, 5.41) is 2.82. The van der Waals surface area contributed by atoms with Gasteiger partial charge in [0.2, 0.25) is 17.6 Å². The highest BCUT2D eigenvalue weighted by Crippen LogP contribution is 2.34. The van der Waals surface area contributed by atoms with E-state index in [0.717, 1.165) is 10.6 Å². The van der Waals surface area contributed by atoms with Crippen molar-refractivity contribution in [2.24, 2.45) is 7.05 Å². The van der Waals surface area contributed by atoms with Crippen molar-refractivity contribution in [2.75, 3.05) is 22.5 Å². The summed E-state index contributed by atoms with van der Waals surface area (Å²) < 4.78 is 1.66. The summed E-state index contributed by atoms with van der Waals surface area (Å²) in [6.45, 7) is 0.317. The van der Waals surface area contributed by atoms with Gasteiger partial charge in [0.15, 0.2) is 5.82 Å². The third-order valence-corrected chi connectivity index (χ3v) is 5.87. The van der Waals surface area contributed by atoms with Crippen molar-refractivity contribution in [2.45, 2.75) is 11.3 Å². The number of amides is 2. The Morgan fingerprint density at radius 2 is 1.90 bits per heavy atom. The van der Waals surface area contributed by atoms with Crippen LogP contribution in [0, 0.1) is 0 Å². The van der Waals surface area contributed by atoms with Crippen LogP contribution >= 0.6 is 11.8 Å². The summed E-state index contributed by atoms with van der Waals surface area (Å²) in [7, 11) is 1.76. The number of thioether (sulfide) groups is 1. The zero-order valence-electron chi connectivity index (χ0n) is 16.4. The molecule has 2 heterocycles.